The van der Waals surface area contributed by atoms with E-state index < -0.39 is 6.04 Å². The molecule has 0 saturated carbocycles. The van der Waals surface area contributed by atoms with Crippen LogP contribution in [0.5, 0.6) is 0 Å². The lowest BCUT2D eigenvalue weighted by atomic mass is 10.0. The van der Waals surface area contributed by atoms with Crippen LogP contribution in [0.3, 0.4) is 0 Å². The molecule has 5 nitrogen and oxygen atoms in total. The molecule has 0 aliphatic rings. The number of likely N-dealkylation sites (N-methyl/N-ethyl adjacent to an activating group) is 1. The van der Waals surface area contributed by atoms with Gasteiger partial charge in [0, 0.05) is 12.4 Å². The molecule has 2 N–H and O–H groups in total. The maximum atomic E-state index is 12.3. The van der Waals surface area contributed by atoms with E-state index in [9.17, 15) is 9.59 Å². The molecule has 0 spiro atoms. The first-order chi connectivity index (χ1) is 10.0. The van der Waals surface area contributed by atoms with Crippen molar-refractivity contribution < 1.29 is 9.59 Å². The van der Waals surface area contributed by atoms with Crippen LogP contribution in [0.4, 0.5) is 0 Å². The fourth-order valence-electron chi connectivity index (χ4n) is 2.10. The zero-order valence-electron chi connectivity index (χ0n) is 12.4. The Bertz CT molecular complexity index is 667. The number of para-hydroxylation sites is 1. The van der Waals surface area contributed by atoms with Crippen molar-refractivity contribution >= 4 is 22.7 Å². The molecule has 1 heterocycles. The number of amides is 2. The second-order valence-electron chi connectivity index (χ2n) is 5.20. The van der Waals surface area contributed by atoms with Crippen LogP contribution >= 0.6 is 0 Å². The lowest BCUT2D eigenvalue weighted by molar-refractivity contribution is -0.123. The predicted molar refractivity (Wildman–Crippen MR) is 81.9 cm³/mol. The molecular formula is C16H19N3O2. The van der Waals surface area contributed by atoms with Gasteiger partial charge in [-0.25, -0.2) is 4.98 Å². The molecule has 110 valence electrons. The molecule has 0 aliphatic heterocycles. The van der Waals surface area contributed by atoms with Crippen molar-refractivity contribution in [3.63, 3.8) is 0 Å². The van der Waals surface area contributed by atoms with Crippen molar-refractivity contribution in [3.8, 4) is 0 Å². The van der Waals surface area contributed by atoms with Crippen molar-refractivity contribution in [2.45, 2.75) is 19.9 Å². The normalized spacial score (nSPS) is 12.2. The Morgan fingerprint density at radius 2 is 1.81 bits per heavy atom. The fraction of sp³-hybridized carbons (Fsp3) is 0.312. The smallest absolute Gasteiger partial charge is 0.270 e. The van der Waals surface area contributed by atoms with Gasteiger partial charge in [-0.3, -0.25) is 9.59 Å². The van der Waals surface area contributed by atoms with E-state index in [1.54, 1.807) is 13.1 Å². The first-order valence-electron chi connectivity index (χ1n) is 6.91. The van der Waals surface area contributed by atoms with Crippen LogP contribution in [0, 0.1) is 5.92 Å². The van der Waals surface area contributed by atoms with Gasteiger partial charge in [0.25, 0.3) is 5.91 Å². The number of pyridine rings is 1. The number of carbonyl (C=O) groups excluding carboxylic acids is 2. The summed E-state index contributed by atoms with van der Waals surface area (Å²) in [4.78, 5) is 28.4. The molecule has 2 rings (SSSR count). The van der Waals surface area contributed by atoms with Gasteiger partial charge in [-0.2, -0.15) is 0 Å². The van der Waals surface area contributed by atoms with Crippen molar-refractivity contribution in [2.24, 2.45) is 5.92 Å². The molecule has 5 heteroatoms. The molecule has 2 amide bonds. The lowest BCUT2D eigenvalue weighted by Gasteiger charge is -2.20. The summed E-state index contributed by atoms with van der Waals surface area (Å²) >= 11 is 0. The molecule has 2 aromatic rings. The van der Waals surface area contributed by atoms with Gasteiger partial charge in [-0.15, -0.1) is 0 Å². The Morgan fingerprint density at radius 1 is 1.10 bits per heavy atom. The van der Waals surface area contributed by atoms with Crippen molar-refractivity contribution in [1.29, 1.82) is 0 Å². The Hall–Kier alpha value is -2.43. The molecule has 0 saturated heterocycles. The van der Waals surface area contributed by atoms with Crippen molar-refractivity contribution in [2.75, 3.05) is 7.05 Å². The monoisotopic (exact) mass is 285 g/mol. The van der Waals surface area contributed by atoms with Gasteiger partial charge in [-0.1, -0.05) is 38.1 Å². The van der Waals surface area contributed by atoms with E-state index in [0.29, 0.717) is 5.69 Å². The largest absolute Gasteiger partial charge is 0.357 e. The number of aromatic nitrogens is 1. The third-order valence-corrected chi connectivity index (χ3v) is 3.31. The van der Waals surface area contributed by atoms with Gasteiger partial charge in [0.05, 0.1) is 5.52 Å². The Morgan fingerprint density at radius 3 is 2.48 bits per heavy atom. The number of benzene rings is 1. The number of hydrogen-bond acceptors (Lipinski definition) is 3. The summed E-state index contributed by atoms with van der Waals surface area (Å²) in [7, 11) is 1.55. The van der Waals surface area contributed by atoms with E-state index in [2.05, 4.69) is 15.6 Å². The summed E-state index contributed by atoms with van der Waals surface area (Å²) in [6.07, 6.45) is 0. The molecule has 1 aromatic heterocycles. The molecule has 0 aliphatic carbocycles. The van der Waals surface area contributed by atoms with Crippen LogP contribution in [0.25, 0.3) is 10.9 Å². The molecule has 0 bridgehead atoms. The van der Waals surface area contributed by atoms with Crippen molar-refractivity contribution in [1.82, 2.24) is 15.6 Å². The minimum Gasteiger partial charge on any atom is -0.357 e. The van der Waals surface area contributed by atoms with E-state index in [0.717, 1.165) is 10.9 Å². The molecule has 0 fully saturated rings. The zero-order chi connectivity index (χ0) is 15.4. The Kier molecular flexibility index (Phi) is 4.52. The highest BCUT2D eigenvalue weighted by Gasteiger charge is 2.24. The van der Waals surface area contributed by atoms with Crippen LogP contribution < -0.4 is 10.6 Å². The fourth-order valence-corrected chi connectivity index (χ4v) is 2.10. The maximum Gasteiger partial charge on any atom is 0.270 e. The number of fused-ring (bicyclic) bond motifs is 1. The molecule has 1 unspecified atom stereocenters. The lowest BCUT2D eigenvalue weighted by Crippen LogP contribution is -2.48. The Balaban J connectivity index is 2.23. The summed E-state index contributed by atoms with van der Waals surface area (Å²) in [6, 6.07) is 10.5. The molecule has 1 atom stereocenters. The summed E-state index contributed by atoms with van der Waals surface area (Å²) < 4.78 is 0. The SMILES string of the molecule is CNC(=O)C(NC(=O)c1ccc2ccccc2n1)C(C)C. The zero-order valence-corrected chi connectivity index (χ0v) is 12.4. The molecular weight excluding hydrogens is 266 g/mol. The van der Waals surface area contributed by atoms with Gasteiger partial charge in [0.15, 0.2) is 0 Å². The summed E-state index contributed by atoms with van der Waals surface area (Å²) in [5.41, 5.74) is 1.06. The highest BCUT2D eigenvalue weighted by molar-refractivity contribution is 5.97. The minimum absolute atomic E-state index is 0.00523. The molecule has 1 aromatic carbocycles. The topological polar surface area (TPSA) is 71.1 Å². The number of rotatable bonds is 4. The average molecular weight is 285 g/mol. The number of nitrogens with zero attached hydrogens (tertiary/aromatic N) is 1. The molecule has 21 heavy (non-hydrogen) atoms. The first kappa shape index (κ1) is 15.0. The predicted octanol–water partition coefficient (Wildman–Crippen LogP) is 1.74. The minimum atomic E-state index is -0.573. The maximum absolute atomic E-state index is 12.3. The van der Waals surface area contributed by atoms with E-state index in [1.807, 2.05) is 44.2 Å². The van der Waals surface area contributed by atoms with Crippen LogP contribution in [0.2, 0.25) is 0 Å². The number of hydrogen-bond donors (Lipinski definition) is 2. The van der Waals surface area contributed by atoms with Crippen molar-refractivity contribution in [3.05, 3.63) is 42.1 Å². The van der Waals surface area contributed by atoms with Gasteiger partial charge in [0.2, 0.25) is 5.91 Å². The van der Waals surface area contributed by atoms with E-state index in [1.165, 1.54) is 0 Å². The summed E-state index contributed by atoms with van der Waals surface area (Å²) in [5.74, 6) is -0.559. The van der Waals surface area contributed by atoms with Gasteiger partial charge in [0.1, 0.15) is 11.7 Å². The van der Waals surface area contributed by atoms with Gasteiger partial charge in [-0.05, 0) is 18.1 Å². The Labute approximate surface area is 123 Å². The third-order valence-electron chi connectivity index (χ3n) is 3.31. The van der Waals surface area contributed by atoms with Gasteiger partial charge >= 0.3 is 0 Å². The highest BCUT2D eigenvalue weighted by Crippen LogP contribution is 2.12. The second kappa shape index (κ2) is 6.35. The van der Waals surface area contributed by atoms with E-state index in [4.69, 9.17) is 0 Å². The quantitative estimate of drug-likeness (QED) is 0.898. The summed E-state index contributed by atoms with van der Waals surface area (Å²) in [5, 5.41) is 6.27. The van der Waals surface area contributed by atoms with Crippen LogP contribution in [-0.2, 0) is 4.79 Å². The summed E-state index contributed by atoms with van der Waals surface area (Å²) in [6.45, 7) is 3.77. The highest BCUT2D eigenvalue weighted by atomic mass is 16.2. The van der Waals surface area contributed by atoms with Gasteiger partial charge < -0.3 is 10.6 Å². The van der Waals surface area contributed by atoms with E-state index >= 15 is 0 Å². The second-order valence-corrected chi connectivity index (χ2v) is 5.20. The van der Waals surface area contributed by atoms with Crippen LogP contribution in [0.15, 0.2) is 36.4 Å². The van der Waals surface area contributed by atoms with Crippen LogP contribution in [-0.4, -0.2) is 29.9 Å². The van der Waals surface area contributed by atoms with E-state index in [-0.39, 0.29) is 17.7 Å². The van der Waals surface area contributed by atoms with Crippen LogP contribution in [0.1, 0.15) is 24.3 Å². The standard InChI is InChI=1S/C16H19N3O2/c1-10(2)14(16(21)17-3)19-15(20)13-9-8-11-6-4-5-7-12(11)18-13/h4-10,14H,1-3H3,(H,17,21)(H,19,20). The number of carbonyl (C=O) groups is 2. The first-order valence-corrected chi connectivity index (χ1v) is 6.91. The number of nitrogens with one attached hydrogen (secondary N) is 2. The third kappa shape index (κ3) is 3.37. The molecule has 0 radical (unpaired) electrons. The average Bonchev–Trinajstić information content (AvgIpc) is 2.50.